The number of aryl methyl sites for hydroxylation is 1. The number of nitrogens with zero attached hydrogens (tertiary/aromatic N) is 1. The molecule has 1 saturated carbocycles. The molecule has 3 rings (SSSR count). The first-order valence-electron chi connectivity index (χ1n) is 7.13. The average Bonchev–Trinajstić information content (AvgIpc) is 3.12. The first kappa shape index (κ1) is 13.6. The quantitative estimate of drug-likeness (QED) is 0.931. The zero-order valence-corrected chi connectivity index (χ0v) is 12.4. The van der Waals surface area contributed by atoms with Crippen molar-refractivity contribution in [2.45, 2.75) is 32.1 Å². The average molecular weight is 293 g/mol. The molecular weight excluding hydrogens is 274 g/mol. The van der Waals surface area contributed by atoms with Gasteiger partial charge >= 0.3 is 5.97 Å². The lowest BCUT2D eigenvalue weighted by molar-refractivity contribution is -0.146. The van der Waals surface area contributed by atoms with Gasteiger partial charge in [-0.15, -0.1) is 11.3 Å². The lowest BCUT2D eigenvalue weighted by Gasteiger charge is -2.30. The summed E-state index contributed by atoms with van der Waals surface area (Å²) in [6, 6.07) is 2.11. The second-order valence-corrected chi connectivity index (χ2v) is 6.80. The van der Waals surface area contributed by atoms with Crippen molar-refractivity contribution in [2.24, 2.45) is 11.8 Å². The smallest absolute Gasteiger partial charge is 0.306 e. The molecule has 1 saturated heterocycles. The van der Waals surface area contributed by atoms with Gasteiger partial charge in [-0.3, -0.25) is 9.59 Å². The Hall–Kier alpha value is -1.36. The number of hydrogen-bond donors (Lipinski definition) is 1. The molecule has 2 fully saturated rings. The molecule has 20 heavy (non-hydrogen) atoms. The van der Waals surface area contributed by atoms with Gasteiger partial charge in [0.1, 0.15) is 0 Å². The van der Waals surface area contributed by atoms with Crippen LogP contribution in [0.3, 0.4) is 0 Å². The summed E-state index contributed by atoms with van der Waals surface area (Å²) < 4.78 is 0. The zero-order chi connectivity index (χ0) is 14.3. The van der Waals surface area contributed by atoms with Crippen LogP contribution in [0.5, 0.6) is 0 Å². The van der Waals surface area contributed by atoms with Crippen molar-refractivity contribution in [1.29, 1.82) is 0 Å². The minimum atomic E-state index is -0.726. The largest absolute Gasteiger partial charge is 0.481 e. The topological polar surface area (TPSA) is 57.6 Å². The van der Waals surface area contributed by atoms with Crippen molar-refractivity contribution >= 4 is 23.2 Å². The van der Waals surface area contributed by atoms with Gasteiger partial charge < -0.3 is 10.0 Å². The van der Waals surface area contributed by atoms with Crippen LogP contribution in [0.1, 0.15) is 35.6 Å². The van der Waals surface area contributed by atoms with E-state index in [1.54, 1.807) is 11.3 Å². The number of carboxylic acids is 1. The minimum Gasteiger partial charge on any atom is -0.481 e. The van der Waals surface area contributed by atoms with Crippen LogP contribution in [-0.2, 0) is 9.59 Å². The maximum Gasteiger partial charge on any atom is 0.306 e. The van der Waals surface area contributed by atoms with E-state index in [0.717, 1.165) is 6.42 Å². The number of hydrogen-bond acceptors (Lipinski definition) is 3. The summed E-state index contributed by atoms with van der Waals surface area (Å²) in [7, 11) is 0. The van der Waals surface area contributed by atoms with Gasteiger partial charge in [0.25, 0.3) is 0 Å². The van der Waals surface area contributed by atoms with Crippen molar-refractivity contribution < 1.29 is 14.7 Å². The summed E-state index contributed by atoms with van der Waals surface area (Å²) >= 11 is 1.74. The van der Waals surface area contributed by atoms with E-state index in [9.17, 15) is 9.59 Å². The predicted molar refractivity (Wildman–Crippen MR) is 76.8 cm³/mol. The Kier molecular flexibility index (Phi) is 3.54. The third kappa shape index (κ3) is 2.46. The molecule has 108 valence electrons. The summed E-state index contributed by atoms with van der Waals surface area (Å²) in [4.78, 5) is 26.6. The van der Waals surface area contributed by atoms with Gasteiger partial charge in [0.2, 0.25) is 5.91 Å². The number of carboxylic acid groups (broad SMARTS) is 1. The maximum atomic E-state index is 12.4. The van der Waals surface area contributed by atoms with Gasteiger partial charge in [-0.05, 0) is 43.2 Å². The van der Waals surface area contributed by atoms with Crippen molar-refractivity contribution in [3.8, 4) is 0 Å². The Morgan fingerprint density at radius 3 is 2.60 bits per heavy atom. The van der Waals surface area contributed by atoms with E-state index in [2.05, 4.69) is 18.4 Å². The van der Waals surface area contributed by atoms with Crippen LogP contribution in [-0.4, -0.2) is 35.0 Å². The molecule has 1 aromatic heterocycles. The monoisotopic (exact) mass is 293 g/mol. The van der Waals surface area contributed by atoms with Crippen molar-refractivity contribution in [2.75, 3.05) is 13.1 Å². The summed E-state index contributed by atoms with van der Waals surface area (Å²) in [5, 5.41) is 11.1. The third-order valence-electron chi connectivity index (χ3n) is 4.50. The molecule has 2 heterocycles. The molecule has 1 aliphatic carbocycles. The Bertz CT molecular complexity index is 531. The normalized spacial score (nSPS) is 26.6. The van der Waals surface area contributed by atoms with Gasteiger partial charge in [-0.25, -0.2) is 0 Å². The van der Waals surface area contributed by atoms with Gasteiger partial charge in [0, 0.05) is 29.8 Å². The molecule has 4 nitrogen and oxygen atoms in total. The second-order valence-electron chi connectivity index (χ2n) is 5.85. The highest BCUT2D eigenvalue weighted by molar-refractivity contribution is 7.10. The Labute approximate surface area is 122 Å². The SMILES string of the molecule is Cc1ccsc1[C@@H]1C[C@@H]1C(=O)N1CCC(C(=O)O)CC1. The lowest BCUT2D eigenvalue weighted by Crippen LogP contribution is -2.41. The number of aliphatic carboxylic acids is 1. The third-order valence-corrected chi connectivity index (χ3v) is 5.65. The number of carbonyl (C=O) groups is 2. The minimum absolute atomic E-state index is 0.133. The lowest BCUT2D eigenvalue weighted by atomic mass is 9.97. The van der Waals surface area contributed by atoms with Crippen LogP contribution in [0.4, 0.5) is 0 Å². The van der Waals surface area contributed by atoms with E-state index < -0.39 is 5.97 Å². The second kappa shape index (κ2) is 5.20. The van der Waals surface area contributed by atoms with E-state index in [-0.39, 0.29) is 17.7 Å². The number of thiophene rings is 1. The standard InChI is InChI=1S/C15H19NO3S/c1-9-4-7-20-13(9)11-8-12(11)14(17)16-5-2-10(3-6-16)15(18)19/h4,7,10-12H,2-3,5-6,8H2,1H3,(H,18,19)/t11-,12+/m1/s1. The van der Waals surface area contributed by atoms with Gasteiger partial charge in [-0.2, -0.15) is 0 Å². The van der Waals surface area contributed by atoms with E-state index in [1.165, 1.54) is 10.4 Å². The van der Waals surface area contributed by atoms with Crippen LogP contribution in [0.15, 0.2) is 11.4 Å². The summed E-state index contributed by atoms with van der Waals surface area (Å²) in [6.45, 7) is 3.30. The Morgan fingerprint density at radius 1 is 1.35 bits per heavy atom. The molecule has 1 N–H and O–H groups in total. The highest BCUT2D eigenvalue weighted by atomic mass is 32.1. The molecule has 0 unspecified atom stereocenters. The molecule has 0 aromatic carbocycles. The zero-order valence-electron chi connectivity index (χ0n) is 11.5. The first-order chi connectivity index (χ1) is 9.58. The Balaban J connectivity index is 1.57. The molecule has 2 aliphatic rings. The summed E-state index contributed by atoms with van der Waals surface area (Å²) in [5.74, 6) is -0.232. The van der Waals surface area contributed by atoms with Crippen molar-refractivity contribution in [3.05, 3.63) is 21.9 Å². The molecule has 0 bridgehead atoms. The van der Waals surface area contributed by atoms with Gasteiger partial charge in [-0.1, -0.05) is 0 Å². The first-order valence-corrected chi connectivity index (χ1v) is 8.01. The molecule has 1 aromatic rings. The molecule has 0 radical (unpaired) electrons. The predicted octanol–water partition coefficient (Wildman–Crippen LogP) is 2.48. The molecule has 1 aliphatic heterocycles. The molecule has 1 amide bonds. The molecule has 2 atom stereocenters. The summed E-state index contributed by atoms with van der Waals surface area (Å²) in [6.07, 6.45) is 2.14. The van der Waals surface area contributed by atoms with E-state index in [4.69, 9.17) is 5.11 Å². The number of piperidine rings is 1. The molecule has 0 spiro atoms. The van der Waals surface area contributed by atoms with E-state index in [1.807, 2.05) is 4.90 Å². The number of rotatable bonds is 3. The van der Waals surface area contributed by atoms with Gasteiger partial charge in [0.05, 0.1) is 5.92 Å². The fourth-order valence-electron chi connectivity index (χ4n) is 3.10. The maximum absolute atomic E-state index is 12.4. The van der Waals surface area contributed by atoms with Gasteiger partial charge in [0.15, 0.2) is 0 Å². The van der Waals surface area contributed by atoms with Crippen LogP contribution < -0.4 is 0 Å². The summed E-state index contributed by atoms with van der Waals surface area (Å²) in [5.41, 5.74) is 1.29. The highest BCUT2D eigenvalue weighted by Crippen LogP contribution is 2.51. The van der Waals surface area contributed by atoms with Crippen molar-refractivity contribution in [1.82, 2.24) is 4.90 Å². The molecule has 5 heteroatoms. The molecular formula is C15H19NO3S. The number of likely N-dealkylation sites (tertiary alicyclic amines) is 1. The van der Waals surface area contributed by atoms with Crippen molar-refractivity contribution in [3.63, 3.8) is 0 Å². The van der Waals surface area contributed by atoms with Crippen LogP contribution >= 0.6 is 11.3 Å². The highest BCUT2D eigenvalue weighted by Gasteiger charge is 2.47. The number of amides is 1. The van der Waals surface area contributed by atoms with Crippen LogP contribution in [0.25, 0.3) is 0 Å². The van der Waals surface area contributed by atoms with E-state index >= 15 is 0 Å². The van der Waals surface area contributed by atoms with Crippen LogP contribution in [0, 0.1) is 18.8 Å². The number of carbonyl (C=O) groups excluding carboxylic acids is 1. The fourth-order valence-corrected chi connectivity index (χ4v) is 4.21. The fraction of sp³-hybridized carbons (Fsp3) is 0.600. The van der Waals surface area contributed by atoms with Crippen LogP contribution in [0.2, 0.25) is 0 Å². The Morgan fingerprint density at radius 2 is 2.05 bits per heavy atom. The van der Waals surface area contributed by atoms with E-state index in [0.29, 0.717) is 31.8 Å².